The summed E-state index contributed by atoms with van der Waals surface area (Å²) in [7, 11) is 0. The van der Waals surface area contributed by atoms with Crippen molar-refractivity contribution >= 4 is 0 Å². The minimum Gasteiger partial charge on any atom is -0.330 e. The van der Waals surface area contributed by atoms with Gasteiger partial charge in [0.05, 0.1) is 11.4 Å². The Morgan fingerprint density at radius 2 is 1.79 bits per heavy atom. The molecule has 0 amide bonds. The van der Waals surface area contributed by atoms with Crippen molar-refractivity contribution in [2.45, 2.75) is 39.5 Å². The van der Waals surface area contributed by atoms with Crippen LogP contribution >= 0.6 is 0 Å². The van der Waals surface area contributed by atoms with Gasteiger partial charge < -0.3 is 5.73 Å². The Kier molecular flexibility index (Phi) is 3.76. The molecule has 3 heteroatoms. The van der Waals surface area contributed by atoms with E-state index >= 15 is 0 Å². The molecule has 0 atom stereocenters. The topological polar surface area (TPSA) is 43.8 Å². The second-order valence-corrected chi connectivity index (χ2v) is 6.02. The van der Waals surface area contributed by atoms with Gasteiger partial charge in [-0.15, -0.1) is 0 Å². The van der Waals surface area contributed by atoms with Crippen LogP contribution in [-0.2, 0) is 11.8 Å². The first-order valence-electron chi connectivity index (χ1n) is 6.78. The molecular weight excluding hydrogens is 234 g/mol. The van der Waals surface area contributed by atoms with E-state index in [4.69, 9.17) is 5.73 Å². The average Bonchev–Trinajstić information content (AvgIpc) is 2.71. The van der Waals surface area contributed by atoms with Crippen LogP contribution in [0.15, 0.2) is 30.5 Å². The van der Waals surface area contributed by atoms with Crippen LogP contribution < -0.4 is 5.73 Å². The van der Waals surface area contributed by atoms with Crippen molar-refractivity contribution in [3.8, 4) is 5.69 Å². The van der Waals surface area contributed by atoms with Crippen molar-refractivity contribution in [1.29, 1.82) is 0 Å². The van der Waals surface area contributed by atoms with E-state index in [2.05, 4.69) is 56.3 Å². The molecule has 2 rings (SSSR count). The molecule has 0 saturated heterocycles. The fraction of sp³-hybridized carbons (Fsp3) is 0.438. The smallest absolute Gasteiger partial charge is 0.0645 e. The van der Waals surface area contributed by atoms with Crippen LogP contribution in [0.2, 0.25) is 0 Å². The fourth-order valence-electron chi connectivity index (χ4n) is 2.14. The first-order chi connectivity index (χ1) is 8.91. The SMILES string of the molecule is Cc1nn(-c2ccc(C(C)(C)C)cc2)cc1CCN. The van der Waals surface area contributed by atoms with Gasteiger partial charge in [0.2, 0.25) is 0 Å². The molecule has 2 N–H and O–H groups in total. The number of benzene rings is 1. The second-order valence-electron chi connectivity index (χ2n) is 6.02. The maximum absolute atomic E-state index is 5.61. The van der Waals surface area contributed by atoms with Gasteiger partial charge in [-0.05, 0) is 48.6 Å². The van der Waals surface area contributed by atoms with Gasteiger partial charge in [-0.1, -0.05) is 32.9 Å². The molecular formula is C16H23N3. The molecule has 1 heterocycles. The van der Waals surface area contributed by atoms with Crippen molar-refractivity contribution in [3.63, 3.8) is 0 Å². The number of hydrogen-bond donors (Lipinski definition) is 1. The zero-order valence-corrected chi connectivity index (χ0v) is 12.3. The zero-order valence-electron chi connectivity index (χ0n) is 12.3. The minimum absolute atomic E-state index is 0.184. The quantitative estimate of drug-likeness (QED) is 0.918. The molecule has 102 valence electrons. The number of aromatic nitrogens is 2. The Morgan fingerprint density at radius 1 is 1.16 bits per heavy atom. The van der Waals surface area contributed by atoms with Gasteiger partial charge in [-0.3, -0.25) is 0 Å². The summed E-state index contributed by atoms with van der Waals surface area (Å²) in [6.45, 7) is 9.36. The Hall–Kier alpha value is -1.61. The van der Waals surface area contributed by atoms with Gasteiger partial charge >= 0.3 is 0 Å². The van der Waals surface area contributed by atoms with Crippen LogP contribution in [-0.4, -0.2) is 16.3 Å². The molecule has 0 aliphatic heterocycles. The highest BCUT2D eigenvalue weighted by Gasteiger charge is 2.13. The highest BCUT2D eigenvalue weighted by atomic mass is 15.3. The molecule has 0 saturated carbocycles. The van der Waals surface area contributed by atoms with Crippen molar-refractivity contribution in [3.05, 3.63) is 47.3 Å². The van der Waals surface area contributed by atoms with Gasteiger partial charge in [0.25, 0.3) is 0 Å². The van der Waals surface area contributed by atoms with Crippen LogP contribution in [0.4, 0.5) is 0 Å². The number of nitrogens with zero attached hydrogens (tertiary/aromatic N) is 2. The van der Waals surface area contributed by atoms with E-state index in [0.717, 1.165) is 17.8 Å². The molecule has 0 unspecified atom stereocenters. The molecule has 0 bridgehead atoms. The van der Waals surface area contributed by atoms with E-state index in [9.17, 15) is 0 Å². The lowest BCUT2D eigenvalue weighted by atomic mass is 9.87. The molecule has 0 spiro atoms. The molecule has 0 aliphatic rings. The largest absolute Gasteiger partial charge is 0.330 e. The average molecular weight is 257 g/mol. The Labute approximate surface area is 115 Å². The highest BCUT2D eigenvalue weighted by Crippen LogP contribution is 2.23. The van der Waals surface area contributed by atoms with Gasteiger partial charge in [-0.25, -0.2) is 4.68 Å². The zero-order chi connectivity index (χ0) is 14.0. The third kappa shape index (κ3) is 3.04. The highest BCUT2D eigenvalue weighted by molar-refractivity contribution is 5.37. The van der Waals surface area contributed by atoms with Gasteiger partial charge in [0.1, 0.15) is 0 Å². The summed E-state index contributed by atoms with van der Waals surface area (Å²) in [5.74, 6) is 0. The third-order valence-corrected chi connectivity index (χ3v) is 3.41. The van der Waals surface area contributed by atoms with Crippen LogP contribution in [0, 0.1) is 6.92 Å². The first kappa shape index (κ1) is 13.8. The first-order valence-corrected chi connectivity index (χ1v) is 6.78. The van der Waals surface area contributed by atoms with Crippen LogP contribution in [0.3, 0.4) is 0 Å². The summed E-state index contributed by atoms with van der Waals surface area (Å²) in [4.78, 5) is 0. The number of nitrogens with two attached hydrogens (primary N) is 1. The Balaban J connectivity index is 2.30. The number of hydrogen-bond acceptors (Lipinski definition) is 2. The Morgan fingerprint density at radius 3 is 2.32 bits per heavy atom. The molecule has 3 nitrogen and oxygen atoms in total. The molecule has 0 fully saturated rings. The summed E-state index contributed by atoms with van der Waals surface area (Å²) in [6, 6.07) is 8.60. The van der Waals surface area contributed by atoms with Crippen LogP contribution in [0.1, 0.15) is 37.6 Å². The molecule has 1 aromatic carbocycles. The monoisotopic (exact) mass is 257 g/mol. The Bertz CT molecular complexity index is 544. The van der Waals surface area contributed by atoms with E-state index in [0.29, 0.717) is 6.54 Å². The van der Waals surface area contributed by atoms with Gasteiger partial charge in [0, 0.05) is 6.20 Å². The van der Waals surface area contributed by atoms with Gasteiger partial charge in [-0.2, -0.15) is 5.10 Å². The van der Waals surface area contributed by atoms with E-state index in [1.54, 1.807) is 0 Å². The summed E-state index contributed by atoms with van der Waals surface area (Å²) in [5.41, 5.74) is 10.5. The predicted molar refractivity (Wildman–Crippen MR) is 79.8 cm³/mol. The van der Waals surface area contributed by atoms with Crippen molar-refractivity contribution in [1.82, 2.24) is 9.78 Å². The van der Waals surface area contributed by atoms with E-state index in [1.807, 2.05) is 11.6 Å². The standard InChI is InChI=1S/C16H23N3/c1-12-13(9-10-17)11-19(18-12)15-7-5-14(6-8-15)16(2,3)4/h5-8,11H,9-10,17H2,1-4H3. The molecule has 0 radical (unpaired) electrons. The fourth-order valence-corrected chi connectivity index (χ4v) is 2.14. The van der Waals surface area contributed by atoms with E-state index in [1.165, 1.54) is 11.1 Å². The molecule has 19 heavy (non-hydrogen) atoms. The van der Waals surface area contributed by atoms with Crippen molar-refractivity contribution < 1.29 is 0 Å². The molecule has 1 aromatic heterocycles. The number of aryl methyl sites for hydroxylation is 1. The maximum Gasteiger partial charge on any atom is 0.0645 e. The lowest BCUT2D eigenvalue weighted by molar-refractivity contribution is 0.590. The second kappa shape index (κ2) is 5.17. The normalized spacial score (nSPS) is 11.8. The van der Waals surface area contributed by atoms with E-state index < -0.39 is 0 Å². The van der Waals surface area contributed by atoms with Crippen molar-refractivity contribution in [2.24, 2.45) is 5.73 Å². The van der Waals surface area contributed by atoms with Gasteiger partial charge in [0.15, 0.2) is 0 Å². The maximum atomic E-state index is 5.61. The summed E-state index contributed by atoms with van der Waals surface area (Å²) in [6.07, 6.45) is 2.96. The van der Waals surface area contributed by atoms with E-state index in [-0.39, 0.29) is 5.41 Å². The minimum atomic E-state index is 0.184. The predicted octanol–water partition coefficient (Wildman–Crippen LogP) is 2.98. The molecule has 2 aromatic rings. The summed E-state index contributed by atoms with van der Waals surface area (Å²) < 4.78 is 1.94. The summed E-state index contributed by atoms with van der Waals surface area (Å²) in [5, 5.41) is 4.55. The number of rotatable bonds is 3. The van der Waals surface area contributed by atoms with Crippen LogP contribution in [0.25, 0.3) is 5.69 Å². The molecule has 0 aliphatic carbocycles. The van der Waals surface area contributed by atoms with Crippen LogP contribution in [0.5, 0.6) is 0 Å². The summed E-state index contributed by atoms with van der Waals surface area (Å²) >= 11 is 0. The lowest BCUT2D eigenvalue weighted by Gasteiger charge is -2.19. The lowest BCUT2D eigenvalue weighted by Crippen LogP contribution is -2.10. The third-order valence-electron chi connectivity index (χ3n) is 3.41. The van der Waals surface area contributed by atoms with Crippen molar-refractivity contribution in [2.75, 3.05) is 6.54 Å².